The molecule has 0 aliphatic heterocycles. The second kappa shape index (κ2) is 8.66. The van der Waals surface area contributed by atoms with Crippen molar-refractivity contribution in [2.24, 2.45) is 0 Å². The highest BCUT2D eigenvalue weighted by Crippen LogP contribution is 2.26. The molecule has 0 unspecified atom stereocenters. The Morgan fingerprint density at radius 3 is 2.33 bits per heavy atom. The Morgan fingerprint density at radius 1 is 1.00 bits per heavy atom. The minimum atomic E-state index is -3.43. The zero-order valence-electron chi connectivity index (χ0n) is 16.1. The first-order valence-corrected chi connectivity index (χ1v) is 10.5. The lowest BCUT2D eigenvalue weighted by molar-refractivity contribution is 0.209. The van der Waals surface area contributed by atoms with Gasteiger partial charge in [0.15, 0.2) is 9.84 Å². The highest BCUT2D eigenvalue weighted by molar-refractivity contribution is 7.90. The maximum Gasteiger partial charge on any atom is 0.409 e. The number of hydrogen-bond donors (Lipinski definition) is 4. The third kappa shape index (κ3) is 5.58. The van der Waals surface area contributed by atoms with Gasteiger partial charge in [-0.1, -0.05) is 0 Å². The zero-order valence-corrected chi connectivity index (χ0v) is 16.9. The normalized spacial score (nSPS) is 10.9. The molecule has 0 bridgehead atoms. The third-order valence-electron chi connectivity index (χ3n) is 3.86. The van der Waals surface area contributed by atoms with Gasteiger partial charge in [0.2, 0.25) is 5.95 Å². The topological polar surface area (TPSA) is 143 Å². The van der Waals surface area contributed by atoms with Gasteiger partial charge in [-0.25, -0.2) is 18.2 Å². The van der Waals surface area contributed by atoms with Crippen molar-refractivity contribution >= 4 is 44.8 Å². The Bertz CT molecular complexity index is 1170. The summed E-state index contributed by atoms with van der Waals surface area (Å²) in [5.41, 5.74) is 1.59. The van der Waals surface area contributed by atoms with Crippen molar-refractivity contribution in [3.63, 3.8) is 0 Å². The summed E-state index contributed by atoms with van der Waals surface area (Å²) in [6.45, 7) is 0. The second-order valence-electron chi connectivity index (χ2n) is 6.19. The summed E-state index contributed by atoms with van der Waals surface area (Å²) in [5.74, 6) is 1.11. The molecule has 0 atom stereocenters. The number of nitrogens with one attached hydrogen (secondary N) is 3. The molecule has 0 aliphatic rings. The molecule has 0 fully saturated rings. The molecule has 3 rings (SSSR count). The Balaban J connectivity index is 1.78. The number of carbonyl (C=O) groups is 1. The first-order valence-electron chi connectivity index (χ1n) is 8.59. The fraction of sp³-hybridized carbons (Fsp3) is 0.105. The van der Waals surface area contributed by atoms with Crippen LogP contribution in [0.25, 0.3) is 0 Å². The second-order valence-corrected chi connectivity index (χ2v) is 8.21. The minimum absolute atomic E-state index is 0.105. The molecule has 30 heavy (non-hydrogen) atoms. The number of amides is 1. The summed E-state index contributed by atoms with van der Waals surface area (Å²) < 4.78 is 28.9. The van der Waals surface area contributed by atoms with E-state index < -0.39 is 15.9 Å². The third-order valence-corrected chi connectivity index (χ3v) is 4.96. The van der Waals surface area contributed by atoms with Gasteiger partial charge in [0.25, 0.3) is 0 Å². The minimum Gasteiger partial charge on any atom is -0.497 e. The van der Waals surface area contributed by atoms with Crippen LogP contribution >= 0.6 is 0 Å². The van der Waals surface area contributed by atoms with Crippen LogP contribution in [0.1, 0.15) is 0 Å². The molecule has 0 saturated heterocycles. The lowest BCUT2D eigenvalue weighted by Crippen LogP contribution is -2.07. The number of methoxy groups -OCH3 is 1. The van der Waals surface area contributed by atoms with Crippen molar-refractivity contribution in [1.29, 1.82) is 0 Å². The van der Waals surface area contributed by atoms with E-state index in [9.17, 15) is 13.2 Å². The van der Waals surface area contributed by atoms with Crippen molar-refractivity contribution in [1.82, 2.24) is 9.97 Å². The highest BCUT2D eigenvalue weighted by atomic mass is 32.2. The van der Waals surface area contributed by atoms with Crippen molar-refractivity contribution in [3.8, 4) is 5.75 Å². The Hall–Kier alpha value is -3.86. The van der Waals surface area contributed by atoms with Gasteiger partial charge in [0, 0.05) is 35.6 Å². The van der Waals surface area contributed by atoms with Crippen molar-refractivity contribution < 1.29 is 23.1 Å². The Labute approximate surface area is 172 Å². The smallest absolute Gasteiger partial charge is 0.409 e. The number of anilines is 5. The number of sulfone groups is 1. The monoisotopic (exact) mass is 429 g/mol. The van der Waals surface area contributed by atoms with Crippen LogP contribution in [0.2, 0.25) is 0 Å². The molecule has 0 spiro atoms. The number of aromatic nitrogens is 2. The van der Waals surface area contributed by atoms with Crippen LogP contribution in [0.15, 0.2) is 59.6 Å². The van der Waals surface area contributed by atoms with Crippen LogP contribution < -0.4 is 20.7 Å². The van der Waals surface area contributed by atoms with Gasteiger partial charge in [-0.3, -0.25) is 5.32 Å². The molecule has 1 heterocycles. The molecule has 0 saturated carbocycles. The van der Waals surface area contributed by atoms with Crippen molar-refractivity contribution in [3.05, 3.63) is 54.7 Å². The highest BCUT2D eigenvalue weighted by Gasteiger charge is 2.12. The summed E-state index contributed by atoms with van der Waals surface area (Å²) in [4.78, 5) is 19.3. The van der Waals surface area contributed by atoms with E-state index in [2.05, 4.69) is 25.9 Å². The average molecular weight is 429 g/mol. The van der Waals surface area contributed by atoms with E-state index in [1.54, 1.807) is 36.4 Å². The van der Waals surface area contributed by atoms with E-state index >= 15 is 0 Å². The summed E-state index contributed by atoms with van der Waals surface area (Å²) in [7, 11) is -1.98. The number of nitrogens with zero attached hydrogens (tertiary/aromatic N) is 2. The molecule has 1 amide bonds. The summed E-state index contributed by atoms with van der Waals surface area (Å²) in [6.07, 6.45) is 1.51. The van der Waals surface area contributed by atoms with E-state index in [1.165, 1.54) is 25.4 Å². The molecular weight excluding hydrogens is 410 g/mol. The van der Waals surface area contributed by atoms with Crippen LogP contribution in [0.5, 0.6) is 5.75 Å². The van der Waals surface area contributed by atoms with Crippen molar-refractivity contribution in [2.75, 3.05) is 29.3 Å². The molecular formula is C19H19N5O5S. The molecule has 0 aliphatic carbocycles. The Kier molecular flexibility index (Phi) is 6.02. The zero-order chi connectivity index (χ0) is 21.7. The molecule has 2 aromatic carbocycles. The maximum atomic E-state index is 11.9. The first kappa shape index (κ1) is 20.9. The van der Waals surface area contributed by atoms with Crippen LogP contribution in [0, 0.1) is 0 Å². The fourth-order valence-corrected chi connectivity index (χ4v) is 3.17. The number of carboxylic acid groups (broad SMARTS) is 1. The van der Waals surface area contributed by atoms with E-state index in [4.69, 9.17) is 9.84 Å². The van der Waals surface area contributed by atoms with Gasteiger partial charge in [-0.2, -0.15) is 4.98 Å². The standard InChI is InChI=1S/C19H19N5O5S/c1-29-15-9-14(10-16(11-15)30(2,27)28)22-18-20-8-7-17(24-18)21-12-3-5-13(6-4-12)23-19(25)26/h3-11,23H,1-2H3,(H,25,26)(H2,20,21,22,24). The van der Waals surface area contributed by atoms with E-state index in [1.807, 2.05) is 0 Å². The lowest BCUT2D eigenvalue weighted by Gasteiger charge is -2.11. The largest absolute Gasteiger partial charge is 0.497 e. The maximum absolute atomic E-state index is 11.9. The predicted octanol–water partition coefficient (Wildman–Crippen LogP) is 3.47. The van der Waals surface area contributed by atoms with E-state index in [0.29, 0.717) is 28.6 Å². The van der Waals surface area contributed by atoms with E-state index in [-0.39, 0.29) is 10.8 Å². The van der Waals surface area contributed by atoms with Gasteiger partial charge in [-0.15, -0.1) is 0 Å². The summed E-state index contributed by atoms with van der Waals surface area (Å²) in [6, 6.07) is 12.8. The van der Waals surface area contributed by atoms with Gasteiger partial charge in [0.05, 0.1) is 12.0 Å². The van der Waals surface area contributed by atoms with Gasteiger partial charge in [-0.05, 0) is 42.5 Å². The van der Waals surface area contributed by atoms with Gasteiger partial charge >= 0.3 is 6.09 Å². The van der Waals surface area contributed by atoms with Crippen LogP contribution in [0.3, 0.4) is 0 Å². The fourth-order valence-electron chi connectivity index (χ4n) is 2.50. The SMILES string of the molecule is COc1cc(Nc2nccc(Nc3ccc(NC(=O)O)cc3)n2)cc(S(C)(=O)=O)c1. The van der Waals surface area contributed by atoms with Crippen LogP contribution in [-0.2, 0) is 9.84 Å². The first-order chi connectivity index (χ1) is 14.2. The number of benzene rings is 2. The van der Waals surface area contributed by atoms with E-state index in [0.717, 1.165) is 6.26 Å². The molecule has 11 heteroatoms. The predicted molar refractivity (Wildman–Crippen MR) is 113 cm³/mol. The summed E-state index contributed by atoms with van der Waals surface area (Å²) in [5, 5.41) is 17.0. The molecule has 10 nitrogen and oxygen atoms in total. The quantitative estimate of drug-likeness (QED) is 0.444. The number of rotatable bonds is 7. The van der Waals surface area contributed by atoms with Gasteiger partial charge in [0.1, 0.15) is 11.6 Å². The molecule has 4 N–H and O–H groups in total. The molecule has 156 valence electrons. The van der Waals surface area contributed by atoms with Crippen molar-refractivity contribution in [2.45, 2.75) is 4.90 Å². The van der Waals surface area contributed by atoms with Gasteiger partial charge < -0.3 is 20.5 Å². The Morgan fingerprint density at radius 2 is 1.70 bits per heavy atom. The number of hydrogen-bond acceptors (Lipinski definition) is 8. The molecule has 1 aromatic heterocycles. The van der Waals surface area contributed by atoms with Crippen LogP contribution in [0.4, 0.5) is 33.6 Å². The average Bonchev–Trinajstić information content (AvgIpc) is 2.68. The van der Waals surface area contributed by atoms with Crippen LogP contribution in [-0.4, -0.2) is 43.0 Å². The molecule has 3 aromatic rings. The summed E-state index contributed by atoms with van der Waals surface area (Å²) >= 11 is 0. The molecule has 0 radical (unpaired) electrons. The number of ether oxygens (including phenoxy) is 1. The lowest BCUT2D eigenvalue weighted by atomic mass is 10.3.